The molecule has 4 aromatic rings. The first-order valence-electron chi connectivity index (χ1n) is 9.53. The number of rotatable bonds is 6. The predicted molar refractivity (Wildman–Crippen MR) is 124 cm³/mol. The normalized spacial score (nSPS) is 12.0. The number of para-hydroxylation sites is 3. The lowest BCUT2D eigenvalue weighted by Gasteiger charge is -2.11. The van der Waals surface area contributed by atoms with Crippen molar-refractivity contribution in [2.45, 2.75) is 4.90 Å². The Morgan fingerprint density at radius 3 is 2.41 bits per heavy atom. The average molecular weight is 469 g/mol. The monoisotopic (exact) mass is 468 g/mol. The number of ether oxygens (including phenoxy) is 1. The highest BCUT2D eigenvalue weighted by atomic mass is 32.2. The Morgan fingerprint density at radius 2 is 1.69 bits per heavy atom. The molecule has 0 spiro atoms. The second-order valence-corrected chi connectivity index (χ2v) is 9.49. The number of nitrogens with one attached hydrogen (secondary N) is 2. The fourth-order valence-electron chi connectivity index (χ4n) is 3.07. The molecule has 0 aliphatic rings. The van der Waals surface area contributed by atoms with Crippen molar-refractivity contribution in [2.24, 2.45) is 12.1 Å². The second kappa shape index (κ2) is 8.85. The first kappa shape index (κ1) is 21.6. The molecule has 1 amide bonds. The molecule has 1 aromatic heterocycles. The highest BCUT2D eigenvalue weighted by Crippen LogP contribution is 2.26. The maximum absolute atomic E-state index is 12.7. The second-order valence-electron chi connectivity index (χ2n) is 6.79. The molecule has 10 heteroatoms. The minimum absolute atomic E-state index is 0.0211. The van der Waals surface area contributed by atoms with E-state index in [-0.39, 0.29) is 10.5 Å². The predicted octanol–water partition coefficient (Wildman–Crippen LogP) is 3.29. The van der Waals surface area contributed by atoms with Gasteiger partial charge in [-0.25, -0.2) is 13.8 Å². The average Bonchev–Trinajstić information content (AvgIpc) is 3.13. The summed E-state index contributed by atoms with van der Waals surface area (Å²) in [5.41, 5.74) is 4.15. The number of sulfonamides is 1. The number of fused-ring (bicyclic) bond motifs is 1. The molecule has 0 saturated carbocycles. The largest absolute Gasteiger partial charge is 0.495 e. The maximum Gasteiger partial charge on any atom is 0.271 e. The third-order valence-corrected chi connectivity index (χ3v) is 7.24. The van der Waals surface area contributed by atoms with Crippen molar-refractivity contribution in [1.82, 2.24) is 9.99 Å². The van der Waals surface area contributed by atoms with E-state index in [1.54, 1.807) is 24.3 Å². The summed E-state index contributed by atoms with van der Waals surface area (Å²) >= 11 is 1.45. The summed E-state index contributed by atoms with van der Waals surface area (Å²) in [4.78, 5) is 13.1. The van der Waals surface area contributed by atoms with Gasteiger partial charge in [-0.2, -0.15) is 0 Å². The van der Waals surface area contributed by atoms with Crippen LogP contribution in [0.5, 0.6) is 5.75 Å². The van der Waals surface area contributed by atoms with E-state index in [1.807, 2.05) is 35.9 Å². The van der Waals surface area contributed by atoms with Gasteiger partial charge in [0.05, 0.1) is 27.9 Å². The number of hydrogen-bond donors (Lipinski definition) is 2. The van der Waals surface area contributed by atoms with Gasteiger partial charge in [0.2, 0.25) is 4.80 Å². The first-order chi connectivity index (χ1) is 15.4. The molecule has 0 aliphatic carbocycles. The van der Waals surface area contributed by atoms with Gasteiger partial charge in [0.15, 0.2) is 0 Å². The van der Waals surface area contributed by atoms with Crippen LogP contribution in [0.25, 0.3) is 10.2 Å². The molecule has 0 bridgehead atoms. The lowest BCUT2D eigenvalue weighted by Crippen LogP contribution is -2.23. The molecule has 8 nitrogen and oxygen atoms in total. The van der Waals surface area contributed by atoms with E-state index in [9.17, 15) is 13.2 Å². The number of amides is 1. The molecule has 0 saturated heterocycles. The lowest BCUT2D eigenvalue weighted by molar-refractivity contribution is 0.0953. The fourth-order valence-corrected chi connectivity index (χ4v) is 5.12. The summed E-state index contributed by atoms with van der Waals surface area (Å²) < 4.78 is 36.0. The summed E-state index contributed by atoms with van der Waals surface area (Å²) in [5, 5.41) is 4.20. The van der Waals surface area contributed by atoms with Crippen LogP contribution in [-0.4, -0.2) is 26.0 Å². The topological polar surface area (TPSA) is 102 Å². The number of thiazole rings is 1. The summed E-state index contributed by atoms with van der Waals surface area (Å²) in [5.74, 6) is -0.0350. The zero-order valence-electron chi connectivity index (χ0n) is 17.3. The van der Waals surface area contributed by atoms with Crippen molar-refractivity contribution in [3.63, 3.8) is 0 Å². The molecular weight excluding hydrogens is 448 g/mol. The standard InChI is InChI=1S/C22H20N4O4S2/c1-26-18-8-4-6-10-20(18)31-22(26)24-23-21(27)15-11-13-16(14-12-15)32(28,29)25-17-7-3-5-9-19(17)30-2/h3-14,25H,1-2H3,(H,23,27)/b24-22+. The van der Waals surface area contributed by atoms with Crippen LogP contribution in [0.15, 0.2) is 82.8 Å². The fraction of sp³-hybridized carbons (Fsp3) is 0.0909. The molecule has 0 atom stereocenters. The summed E-state index contributed by atoms with van der Waals surface area (Å²) in [7, 11) is -0.515. The van der Waals surface area contributed by atoms with E-state index < -0.39 is 15.9 Å². The number of aryl methyl sites for hydroxylation is 1. The summed E-state index contributed by atoms with van der Waals surface area (Å²) in [6, 6.07) is 20.2. The first-order valence-corrected chi connectivity index (χ1v) is 11.8. The van der Waals surface area contributed by atoms with Crippen molar-refractivity contribution in [1.29, 1.82) is 0 Å². The Bertz CT molecular complexity index is 1460. The Balaban J connectivity index is 1.51. The van der Waals surface area contributed by atoms with Crippen molar-refractivity contribution in [3.8, 4) is 5.75 Å². The van der Waals surface area contributed by atoms with E-state index >= 15 is 0 Å². The summed E-state index contributed by atoms with van der Waals surface area (Å²) in [6.45, 7) is 0. The molecule has 0 aliphatic heterocycles. The molecule has 3 aromatic carbocycles. The highest BCUT2D eigenvalue weighted by molar-refractivity contribution is 7.92. The van der Waals surface area contributed by atoms with Gasteiger partial charge < -0.3 is 9.30 Å². The van der Waals surface area contributed by atoms with Gasteiger partial charge in [0.1, 0.15) is 5.75 Å². The van der Waals surface area contributed by atoms with Crippen LogP contribution in [0.1, 0.15) is 10.4 Å². The maximum atomic E-state index is 12.7. The SMILES string of the molecule is COc1ccccc1NS(=O)(=O)c1ccc(C(=O)N/N=c2/sc3ccccc3n2C)cc1. The smallest absolute Gasteiger partial charge is 0.271 e. The molecule has 0 radical (unpaired) electrons. The minimum atomic E-state index is -3.85. The Morgan fingerprint density at radius 1 is 1.00 bits per heavy atom. The van der Waals surface area contributed by atoms with E-state index in [2.05, 4.69) is 15.2 Å². The highest BCUT2D eigenvalue weighted by Gasteiger charge is 2.17. The van der Waals surface area contributed by atoms with E-state index in [0.29, 0.717) is 16.2 Å². The van der Waals surface area contributed by atoms with Crippen LogP contribution in [0, 0.1) is 0 Å². The van der Waals surface area contributed by atoms with Gasteiger partial charge in [0.25, 0.3) is 15.9 Å². The van der Waals surface area contributed by atoms with Crippen LogP contribution in [-0.2, 0) is 17.1 Å². The van der Waals surface area contributed by atoms with Crippen molar-refractivity contribution < 1.29 is 17.9 Å². The molecule has 32 heavy (non-hydrogen) atoms. The lowest BCUT2D eigenvalue weighted by atomic mass is 10.2. The molecule has 0 unspecified atom stereocenters. The van der Waals surface area contributed by atoms with E-state index in [1.165, 1.54) is 42.7 Å². The Kier molecular flexibility index (Phi) is 5.97. The van der Waals surface area contributed by atoms with Gasteiger partial charge in [-0.3, -0.25) is 9.52 Å². The van der Waals surface area contributed by atoms with Gasteiger partial charge in [-0.15, -0.1) is 5.10 Å². The number of nitrogens with zero attached hydrogens (tertiary/aromatic N) is 2. The van der Waals surface area contributed by atoms with Gasteiger partial charge in [-0.05, 0) is 48.5 Å². The quantitative estimate of drug-likeness (QED) is 0.424. The Labute approximate surface area is 188 Å². The number of anilines is 1. The number of aromatic nitrogens is 1. The van der Waals surface area contributed by atoms with Crippen molar-refractivity contribution in [3.05, 3.63) is 83.2 Å². The van der Waals surface area contributed by atoms with Crippen LogP contribution in [0.4, 0.5) is 5.69 Å². The zero-order chi connectivity index (χ0) is 22.7. The molecule has 0 fully saturated rings. The molecule has 4 rings (SSSR count). The zero-order valence-corrected chi connectivity index (χ0v) is 18.9. The number of methoxy groups -OCH3 is 1. The summed E-state index contributed by atoms with van der Waals surface area (Å²) in [6.07, 6.45) is 0. The third kappa shape index (κ3) is 4.36. The van der Waals surface area contributed by atoms with Crippen LogP contribution in [0.2, 0.25) is 0 Å². The van der Waals surface area contributed by atoms with Crippen LogP contribution >= 0.6 is 11.3 Å². The van der Waals surface area contributed by atoms with E-state index in [4.69, 9.17) is 4.74 Å². The molecular formula is C22H20N4O4S2. The Hall–Kier alpha value is -3.63. The van der Waals surface area contributed by atoms with Gasteiger partial charge >= 0.3 is 0 Å². The molecule has 164 valence electrons. The van der Waals surface area contributed by atoms with Crippen molar-refractivity contribution in [2.75, 3.05) is 11.8 Å². The number of benzene rings is 3. The van der Waals surface area contributed by atoms with Crippen molar-refractivity contribution >= 4 is 43.2 Å². The number of hydrogen-bond acceptors (Lipinski definition) is 6. The molecule has 1 heterocycles. The minimum Gasteiger partial charge on any atom is -0.495 e. The van der Waals surface area contributed by atoms with Crippen LogP contribution in [0.3, 0.4) is 0 Å². The van der Waals surface area contributed by atoms with Crippen LogP contribution < -0.4 is 19.7 Å². The third-order valence-electron chi connectivity index (χ3n) is 4.75. The number of carbonyl (C=O) groups is 1. The van der Waals surface area contributed by atoms with Gasteiger partial charge in [0, 0.05) is 12.6 Å². The molecule has 2 N–H and O–H groups in total. The van der Waals surface area contributed by atoms with Gasteiger partial charge in [-0.1, -0.05) is 35.6 Å². The van der Waals surface area contributed by atoms with E-state index in [0.717, 1.165) is 10.2 Å². The number of carbonyl (C=O) groups excluding carboxylic acids is 1.